The molecule has 3 aromatic rings. The van der Waals surface area contributed by atoms with E-state index in [1.54, 1.807) is 5.38 Å². The van der Waals surface area contributed by atoms with Crippen molar-refractivity contribution < 1.29 is 12.8 Å². The number of aryl methyl sites for hydroxylation is 1. The minimum Gasteiger partial charge on any atom is -0.330 e. The number of sulfone groups is 1. The first-order chi connectivity index (χ1) is 16.8. The molecule has 1 aliphatic rings. The second-order valence-corrected chi connectivity index (χ2v) is 12.6. The number of thiazole rings is 1. The van der Waals surface area contributed by atoms with Crippen LogP contribution in [0.5, 0.6) is 0 Å². The summed E-state index contributed by atoms with van der Waals surface area (Å²) in [5.41, 5.74) is 8.19. The maximum absolute atomic E-state index is 14.7. The van der Waals surface area contributed by atoms with Crippen LogP contribution in [0.1, 0.15) is 41.8 Å². The van der Waals surface area contributed by atoms with E-state index in [4.69, 9.17) is 17.3 Å². The van der Waals surface area contributed by atoms with Gasteiger partial charge in [-0.15, -0.1) is 11.3 Å². The minimum absolute atomic E-state index is 0.0357. The number of unbranched alkanes of at least 4 members (excludes halogenated alkanes) is 2. The van der Waals surface area contributed by atoms with Gasteiger partial charge in [0.15, 0.2) is 9.84 Å². The third-order valence-corrected chi connectivity index (χ3v) is 9.81. The topological polar surface area (TPSA) is 76.3 Å². The molecule has 1 unspecified atom stereocenters. The Morgan fingerprint density at radius 3 is 2.69 bits per heavy atom. The Morgan fingerprint density at radius 2 is 1.97 bits per heavy atom. The van der Waals surface area contributed by atoms with Gasteiger partial charge in [-0.1, -0.05) is 48.4 Å². The van der Waals surface area contributed by atoms with Crippen molar-refractivity contribution in [2.24, 2.45) is 5.73 Å². The SMILES string of the molecule is NCC1(c2ccccc2)CCN(CCCCCc2cc(F)c(S(=O)(=O)Cc3nccs3)cc2Cl)C1. The fourth-order valence-electron chi connectivity index (χ4n) is 4.85. The number of hydrogen-bond donors (Lipinski definition) is 1. The normalized spacial score (nSPS) is 18.8. The smallest absolute Gasteiger partial charge is 0.187 e. The highest BCUT2D eigenvalue weighted by molar-refractivity contribution is 7.90. The highest BCUT2D eigenvalue weighted by atomic mass is 35.5. The van der Waals surface area contributed by atoms with Gasteiger partial charge in [0, 0.05) is 35.1 Å². The van der Waals surface area contributed by atoms with Crippen molar-refractivity contribution in [1.29, 1.82) is 0 Å². The molecule has 2 aromatic carbocycles. The van der Waals surface area contributed by atoms with E-state index in [1.165, 1.54) is 35.2 Å². The molecular formula is C26H31ClFN3O2S2. The van der Waals surface area contributed by atoms with E-state index in [9.17, 15) is 12.8 Å². The van der Waals surface area contributed by atoms with Gasteiger partial charge in [-0.3, -0.25) is 0 Å². The fourth-order valence-corrected chi connectivity index (χ4v) is 7.52. The van der Waals surface area contributed by atoms with Gasteiger partial charge < -0.3 is 10.6 Å². The Balaban J connectivity index is 1.27. The standard InChI is InChI=1S/C26H31ClFN3O2S2/c27-22-16-24(35(32,33)17-25-30-11-14-34-25)23(28)15-20(22)7-3-2-6-12-31-13-10-26(18-29,19-31)21-8-4-1-5-9-21/h1,4-5,8-9,11,14-16H,2-3,6-7,10,12-13,17-19,29H2. The summed E-state index contributed by atoms with van der Waals surface area (Å²) >= 11 is 7.57. The van der Waals surface area contributed by atoms with Gasteiger partial charge in [0.1, 0.15) is 21.5 Å². The molecule has 0 spiro atoms. The van der Waals surface area contributed by atoms with Gasteiger partial charge in [0.25, 0.3) is 0 Å². The third-order valence-electron chi connectivity index (χ3n) is 6.86. The average Bonchev–Trinajstić information content (AvgIpc) is 3.51. The second-order valence-electron chi connectivity index (χ2n) is 9.25. The summed E-state index contributed by atoms with van der Waals surface area (Å²) in [5, 5.41) is 2.41. The zero-order valence-electron chi connectivity index (χ0n) is 19.6. The van der Waals surface area contributed by atoms with E-state index < -0.39 is 15.7 Å². The van der Waals surface area contributed by atoms with Gasteiger partial charge >= 0.3 is 0 Å². The van der Waals surface area contributed by atoms with Gasteiger partial charge in [0.2, 0.25) is 0 Å². The van der Waals surface area contributed by atoms with Crippen LogP contribution in [0.15, 0.2) is 58.9 Å². The van der Waals surface area contributed by atoms with Crippen molar-refractivity contribution in [3.8, 4) is 0 Å². The van der Waals surface area contributed by atoms with Gasteiger partial charge in [-0.25, -0.2) is 17.8 Å². The van der Waals surface area contributed by atoms with Crippen LogP contribution in [-0.4, -0.2) is 44.5 Å². The largest absolute Gasteiger partial charge is 0.330 e. The zero-order valence-corrected chi connectivity index (χ0v) is 22.0. The number of nitrogens with two attached hydrogens (primary N) is 1. The molecule has 2 heterocycles. The molecule has 0 aliphatic carbocycles. The summed E-state index contributed by atoms with van der Waals surface area (Å²) in [4.78, 5) is 6.10. The van der Waals surface area contributed by atoms with Gasteiger partial charge in [0.05, 0.1) is 0 Å². The Morgan fingerprint density at radius 1 is 1.17 bits per heavy atom. The molecule has 0 amide bonds. The molecule has 0 bridgehead atoms. The predicted octanol–water partition coefficient (Wildman–Crippen LogP) is 5.22. The van der Waals surface area contributed by atoms with Crippen molar-refractivity contribution in [2.45, 2.75) is 48.2 Å². The van der Waals surface area contributed by atoms with E-state index >= 15 is 0 Å². The highest BCUT2D eigenvalue weighted by Crippen LogP contribution is 2.34. The quantitative estimate of drug-likeness (QED) is 0.340. The van der Waals surface area contributed by atoms with Crippen molar-refractivity contribution in [1.82, 2.24) is 9.88 Å². The number of benzene rings is 2. The summed E-state index contributed by atoms with van der Waals surface area (Å²) in [5.74, 6) is -1.08. The molecule has 9 heteroatoms. The first kappa shape index (κ1) is 26.2. The third kappa shape index (κ3) is 6.30. The van der Waals surface area contributed by atoms with Crippen LogP contribution in [-0.2, 0) is 27.4 Å². The van der Waals surface area contributed by atoms with E-state index in [-0.39, 0.29) is 16.1 Å². The first-order valence-corrected chi connectivity index (χ1v) is 14.8. The molecule has 1 atom stereocenters. The van der Waals surface area contributed by atoms with Crippen LogP contribution < -0.4 is 5.73 Å². The summed E-state index contributed by atoms with van der Waals surface area (Å²) in [6.07, 6.45) is 6.09. The minimum atomic E-state index is -3.85. The Hall–Kier alpha value is -1.84. The lowest BCUT2D eigenvalue weighted by Crippen LogP contribution is -2.38. The van der Waals surface area contributed by atoms with E-state index in [0.717, 1.165) is 45.3 Å². The van der Waals surface area contributed by atoms with Gasteiger partial charge in [-0.05, 0) is 62.0 Å². The van der Waals surface area contributed by atoms with Crippen molar-refractivity contribution >= 4 is 32.8 Å². The number of rotatable bonds is 11. The molecule has 0 radical (unpaired) electrons. The zero-order chi connectivity index (χ0) is 24.9. The van der Waals surface area contributed by atoms with Crippen LogP contribution in [0.2, 0.25) is 5.02 Å². The van der Waals surface area contributed by atoms with Crippen molar-refractivity contribution in [3.05, 3.63) is 81.0 Å². The fraction of sp³-hybridized carbons (Fsp3) is 0.423. The lowest BCUT2D eigenvalue weighted by Gasteiger charge is -2.28. The Kier molecular flexibility index (Phi) is 8.60. The van der Waals surface area contributed by atoms with Crippen LogP contribution in [0.3, 0.4) is 0 Å². The number of aromatic nitrogens is 1. The highest BCUT2D eigenvalue weighted by Gasteiger charge is 2.38. The maximum atomic E-state index is 14.7. The molecule has 1 fully saturated rings. The average molecular weight is 536 g/mol. The number of hydrogen-bond acceptors (Lipinski definition) is 6. The van der Waals surface area contributed by atoms with Crippen molar-refractivity contribution in [2.75, 3.05) is 26.2 Å². The van der Waals surface area contributed by atoms with Crippen LogP contribution in [0, 0.1) is 5.82 Å². The monoisotopic (exact) mass is 535 g/mol. The Labute approximate surface area is 216 Å². The van der Waals surface area contributed by atoms with Crippen molar-refractivity contribution in [3.63, 3.8) is 0 Å². The molecule has 1 aliphatic heterocycles. The lowest BCUT2D eigenvalue weighted by molar-refractivity contribution is 0.304. The molecule has 35 heavy (non-hydrogen) atoms. The Bertz CT molecular complexity index is 1220. The summed E-state index contributed by atoms with van der Waals surface area (Å²) < 4.78 is 40.0. The molecule has 4 rings (SSSR count). The molecule has 5 nitrogen and oxygen atoms in total. The molecular weight excluding hydrogens is 505 g/mol. The number of nitrogens with zero attached hydrogens (tertiary/aromatic N) is 2. The second kappa shape index (κ2) is 11.5. The van der Waals surface area contributed by atoms with Crippen LogP contribution in [0.4, 0.5) is 4.39 Å². The molecule has 0 saturated carbocycles. The predicted molar refractivity (Wildman–Crippen MR) is 140 cm³/mol. The molecule has 1 saturated heterocycles. The molecule has 188 valence electrons. The summed E-state index contributed by atoms with van der Waals surface area (Å²) in [6, 6.07) is 13.1. The number of halogens is 2. The summed E-state index contributed by atoms with van der Waals surface area (Å²) in [6.45, 7) is 3.67. The van der Waals surface area contributed by atoms with E-state index in [2.05, 4.69) is 34.1 Å². The van der Waals surface area contributed by atoms with Crippen LogP contribution in [0.25, 0.3) is 0 Å². The first-order valence-electron chi connectivity index (χ1n) is 11.9. The maximum Gasteiger partial charge on any atom is 0.187 e. The van der Waals surface area contributed by atoms with E-state index in [1.807, 2.05) is 6.07 Å². The molecule has 1 aromatic heterocycles. The molecule has 2 N–H and O–H groups in total. The van der Waals surface area contributed by atoms with E-state index in [0.29, 0.717) is 28.6 Å². The lowest BCUT2D eigenvalue weighted by atomic mass is 9.80. The summed E-state index contributed by atoms with van der Waals surface area (Å²) in [7, 11) is -3.85. The van der Waals surface area contributed by atoms with Crippen LogP contribution >= 0.6 is 22.9 Å². The number of likely N-dealkylation sites (tertiary alicyclic amines) is 1. The van der Waals surface area contributed by atoms with Gasteiger partial charge in [-0.2, -0.15) is 0 Å².